The summed E-state index contributed by atoms with van der Waals surface area (Å²) in [6, 6.07) is 10.3. The van der Waals surface area contributed by atoms with Crippen molar-refractivity contribution in [2.24, 2.45) is 0 Å². The Labute approximate surface area is 247 Å². The molecule has 0 unspecified atom stereocenters. The van der Waals surface area contributed by atoms with Crippen LogP contribution < -0.4 is 5.32 Å². The summed E-state index contributed by atoms with van der Waals surface area (Å²) in [4.78, 5) is 41.8. The van der Waals surface area contributed by atoms with Gasteiger partial charge < -0.3 is 19.9 Å². The molecule has 0 spiro atoms. The second kappa shape index (κ2) is 12.8. The van der Waals surface area contributed by atoms with Crippen LogP contribution >= 0.6 is 0 Å². The summed E-state index contributed by atoms with van der Waals surface area (Å²) in [5.74, 6) is 0.0736. The average molecular weight is 569 g/mol. The topological polar surface area (TPSA) is 103 Å². The monoisotopic (exact) mass is 568 g/mol. The summed E-state index contributed by atoms with van der Waals surface area (Å²) in [5.41, 5.74) is 10.8. The molecule has 3 heterocycles. The number of benzene rings is 2. The van der Waals surface area contributed by atoms with E-state index in [1.54, 1.807) is 26.1 Å². The van der Waals surface area contributed by atoms with E-state index in [-0.39, 0.29) is 11.8 Å². The van der Waals surface area contributed by atoms with Crippen LogP contribution in [0.5, 0.6) is 0 Å². The molecule has 0 aliphatic carbocycles. The summed E-state index contributed by atoms with van der Waals surface area (Å²) < 4.78 is 5.05. The molecule has 0 saturated heterocycles. The van der Waals surface area contributed by atoms with Gasteiger partial charge in [-0.25, -0.2) is 9.97 Å². The van der Waals surface area contributed by atoms with Gasteiger partial charge in [-0.15, -0.1) is 0 Å². The van der Waals surface area contributed by atoms with E-state index in [2.05, 4.69) is 34.3 Å². The maximum Gasteiger partial charge on any atom is 0.253 e. The van der Waals surface area contributed by atoms with Crippen LogP contribution in [0.4, 0.5) is 0 Å². The van der Waals surface area contributed by atoms with Crippen molar-refractivity contribution in [2.45, 2.75) is 39.7 Å². The van der Waals surface area contributed by atoms with Gasteiger partial charge in [-0.3, -0.25) is 14.5 Å². The fourth-order valence-electron chi connectivity index (χ4n) is 5.67. The van der Waals surface area contributed by atoms with E-state index in [0.717, 1.165) is 71.6 Å². The van der Waals surface area contributed by atoms with Crippen molar-refractivity contribution in [3.63, 3.8) is 0 Å². The Morgan fingerprint density at radius 2 is 1.93 bits per heavy atom. The molecule has 0 fully saturated rings. The molecule has 1 aliphatic heterocycles. The molecule has 0 radical (unpaired) electrons. The van der Waals surface area contributed by atoms with Crippen molar-refractivity contribution in [3.8, 4) is 22.4 Å². The predicted molar refractivity (Wildman–Crippen MR) is 165 cm³/mol. The molecule has 0 atom stereocenters. The molecule has 0 saturated carbocycles. The molecule has 2 amide bonds. The number of H-pyrrole nitrogens is 1. The minimum Gasteiger partial charge on any atom is -0.385 e. The van der Waals surface area contributed by atoms with E-state index in [9.17, 15) is 9.59 Å². The van der Waals surface area contributed by atoms with Gasteiger partial charge >= 0.3 is 0 Å². The largest absolute Gasteiger partial charge is 0.385 e. The number of fused-ring (bicyclic) bond motifs is 2. The maximum absolute atomic E-state index is 12.5. The van der Waals surface area contributed by atoms with Crippen LogP contribution in [0, 0.1) is 13.8 Å². The summed E-state index contributed by atoms with van der Waals surface area (Å²) in [5, 5.41) is 2.98. The van der Waals surface area contributed by atoms with Gasteiger partial charge in [0.1, 0.15) is 5.52 Å². The Kier molecular flexibility index (Phi) is 8.99. The Bertz CT molecular complexity index is 1610. The first-order chi connectivity index (χ1) is 20.2. The van der Waals surface area contributed by atoms with E-state index < -0.39 is 0 Å². The summed E-state index contributed by atoms with van der Waals surface area (Å²) in [6.07, 6.45) is 6.03. The van der Waals surface area contributed by atoms with Gasteiger partial charge in [0.05, 0.1) is 11.9 Å². The molecule has 4 aromatic rings. The SMILES string of the molecule is COCCCNC(=O)CCN1CCc2c(C)cc(-c3cnc4[nH]cc(-c5ccc(C(=O)N(C)C)c(C)c5)c4n3)cc2C1. The number of carbonyl (C=O) groups is 2. The van der Waals surface area contributed by atoms with Crippen molar-refractivity contribution >= 4 is 23.0 Å². The first-order valence-electron chi connectivity index (χ1n) is 14.5. The standard InChI is InChI=1S/C33H40N6O3/c1-21-16-24(17-25-20-39(12-9-26(21)25)13-10-30(40)34-11-6-14-42-5)29-19-36-32-31(37-29)28(18-35-32)23-7-8-27(22(2)15-23)33(41)38(3)4/h7-8,15-19H,6,9-14,20H2,1-5H3,(H,34,40)(H,35,36). The third-order valence-electron chi connectivity index (χ3n) is 7.99. The zero-order chi connectivity index (χ0) is 29.8. The molecule has 9 nitrogen and oxygen atoms in total. The van der Waals surface area contributed by atoms with Crippen LogP contribution in [-0.4, -0.2) is 84.0 Å². The zero-order valence-corrected chi connectivity index (χ0v) is 25.2. The molecule has 2 aromatic carbocycles. The van der Waals surface area contributed by atoms with Gasteiger partial charge in [0.2, 0.25) is 5.91 Å². The number of aryl methyl sites for hydroxylation is 2. The van der Waals surface area contributed by atoms with E-state index in [1.807, 2.05) is 37.5 Å². The minimum absolute atomic E-state index is 0.0115. The lowest BCUT2D eigenvalue weighted by molar-refractivity contribution is -0.121. The zero-order valence-electron chi connectivity index (χ0n) is 25.2. The minimum atomic E-state index is -0.0115. The van der Waals surface area contributed by atoms with Crippen molar-refractivity contribution in [2.75, 3.05) is 47.4 Å². The number of hydrogen-bond donors (Lipinski definition) is 2. The second-order valence-electron chi connectivity index (χ2n) is 11.3. The first kappa shape index (κ1) is 29.4. The predicted octanol–water partition coefficient (Wildman–Crippen LogP) is 4.51. The Morgan fingerprint density at radius 1 is 1.12 bits per heavy atom. The summed E-state index contributed by atoms with van der Waals surface area (Å²) in [6.45, 7) is 7.91. The fourth-order valence-corrected chi connectivity index (χ4v) is 5.67. The molecule has 1 aliphatic rings. The molecule has 9 heteroatoms. The highest BCUT2D eigenvalue weighted by Gasteiger charge is 2.21. The smallest absolute Gasteiger partial charge is 0.253 e. The Hall–Kier alpha value is -4.08. The normalized spacial score (nSPS) is 13.3. The van der Waals surface area contributed by atoms with Crippen LogP contribution in [0.25, 0.3) is 33.5 Å². The lowest BCUT2D eigenvalue weighted by Crippen LogP contribution is -2.35. The number of rotatable bonds is 10. The molecular formula is C33H40N6O3. The van der Waals surface area contributed by atoms with Crippen molar-refractivity contribution in [3.05, 3.63) is 70.5 Å². The number of hydrogen-bond acceptors (Lipinski definition) is 6. The third-order valence-corrected chi connectivity index (χ3v) is 7.99. The quantitative estimate of drug-likeness (QED) is 0.273. The highest BCUT2D eigenvalue weighted by atomic mass is 16.5. The van der Waals surface area contributed by atoms with E-state index in [0.29, 0.717) is 25.1 Å². The highest BCUT2D eigenvalue weighted by molar-refractivity contribution is 5.97. The van der Waals surface area contributed by atoms with Crippen LogP contribution in [-0.2, 0) is 22.5 Å². The van der Waals surface area contributed by atoms with E-state index >= 15 is 0 Å². The molecule has 42 heavy (non-hydrogen) atoms. The number of aromatic amines is 1. The molecule has 0 bridgehead atoms. The number of nitrogens with zero attached hydrogens (tertiary/aromatic N) is 4. The first-order valence-corrected chi connectivity index (χ1v) is 14.5. The lowest BCUT2D eigenvalue weighted by atomic mass is 9.92. The summed E-state index contributed by atoms with van der Waals surface area (Å²) in [7, 11) is 5.19. The third kappa shape index (κ3) is 6.37. The van der Waals surface area contributed by atoms with Crippen LogP contribution in [0.15, 0.2) is 42.7 Å². The highest BCUT2D eigenvalue weighted by Crippen LogP contribution is 2.32. The maximum atomic E-state index is 12.5. The van der Waals surface area contributed by atoms with Crippen LogP contribution in [0.2, 0.25) is 0 Å². The number of aromatic nitrogens is 3. The fraction of sp³-hybridized carbons (Fsp3) is 0.394. The van der Waals surface area contributed by atoms with Crippen molar-refractivity contribution in [1.29, 1.82) is 0 Å². The van der Waals surface area contributed by atoms with Crippen molar-refractivity contribution < 1.29 is 14.3 Å². The second-order valence-corrected chi connectivity index (χ2v) is 11.3. The number of nitrogens with one attached hydrogen (secondary N) is 2. The Morgan fingerprint density at radius 3 is 2.69 bits per heavy atom. The molecule has 2 N–H and O–H groups in total. The van der Waals surface area contributed by atoms with Gasteiger partial charge in [0.25, 0.3) is 5.91 Å². The lowest BCUT2D eigenvalue weighted by Gasteiger charge is -2.30. The van der Waals surface area contributed by atoms with Gasteiger partial charge in [0.15, 0.2) is 5.65 Å². The van der Waals surface area contributed by atoms with Crippen LogP contribution in [0.3, 0.4) is 0 Å². The number of methoxy groups -OCH3 is 1. The number of carbonyl (C=O) groups excluding carboxylic acids is 2. The molecule has 5 rings (SSSR count). The van der Waals surface area contributed by atoms with Gasteiger partial charge in [-0.1, -0.05) is 12.1 Å². The Balaban J connectivity index is 1.36. The van der Waals surface area contributed by atoms with Crippen LogP contribution in [0.1, 0.15) is 45.5 Å². The molecule has 220 valence electrons. The van der Waals surface area contributed by atoms with Crippen molar-refractivity contribution in [1.82, 2.24) is 30.1 Å². The molecular weight excluding hydrogens is 528 g/mol. The van der Waals surface area contributed by atoms with Gasteiger partial charge in [-0.05, 0) is 72.7 Å². The summed E-state index contributed by atoms with van der Waals surface area (Å²) >= 11 is 0. The number of ether oxygens (including phenoxy) is 1. The molecule has 2 aromatic heterocycles. The van der Waals surface area contributed by atoms with E-state index in [1.165, 1.54) is 16.7 Å². The van der Waals surface area contributed by atoms with E-state index in [4.69, 9.17) is 14.7 Å². The average Bonchev–Trinajstić information content (AvgIpc) is 3.41. The van der Waals surface area contributed by atoms with Gasteiger partial charge in [0, 0.05) is 83.3 Å². The number of amides is 2. The van der Waals surface area contributed by atoms with Gasteiger partial charge in [-0.2, -0.15) is 0 Å².